The minimum absolute atomic E-state index is 0.0343. The number of halogens is 2. The summed E-state index contributed by atoms with van der Waals surface area (Å²) in [7, 11) is 1.61. The van der Waals surface area contributed by atoms with Crippen LogP contribution in [0.25, 0.3) is 0 Å². The molecule has 0 aliphatic carbocycles. The van der Waals surface area contributed by atoms with Crippen molar-refractivity contribution in [3.63, 3.8) is 0 Å². The summed E-state index contributed by atoms with van der Waals surface area (Å²) in [5.41, 5.74) is 4.31. The maximum Gasteiger partial charge on any atom is 0.277 e. The molecule has 0 spiro atoms. The van der Waals surface area contributed by atoms with Gasteiger partial charge in [0.2, 0.25) is 0 Å². The second kappa shape index (κ2) is 11.0. The van der Waals surface area contributed by atoms with E-state index in [9.17, 15) is 4.79 Å². The normalized spacial score (nSPS) is 11.0. The van der Waals surface area contributed by atoms with Crippen LogP contribution in [0.2, 0.25) is 10.0 Å². The molecule has 2 aromatic carbocycles. The third-order valence-electron chi connectivity index (χ3n) is 3.89. The molecule has 0 saturated heterocycles. The van der Waals surface area contributed by atoms with Gasteiger partial charge in [-0.2, -0.15) is 5.10 Å². The number of hydrogen-bond acceptors (Lipinski definition) is 8. The molecule has 0 aliphatic heterocycles. The molecule has 0 fully saturated rings. The van der Waals surface area contributed by atoms with Gasteiger partial charge < -0.3 is 13.9 Å². The third-order valence-corrected chi connectivity index (χ3v) is 5.24. The number of aromatic nitrogens is 2. The predicted molar refractivity (Wildman–Crippen MR) is 119 cm³/mol. The zero-order chi connectivity index (χ0) is 22.2. The molecular weight excluding hydrogens is 463 g/mol. The van der Waals surface area contributed by atoms with E-state index in [4.69, 9.17) is 37.1 Å². The van der Waals surface area contributed by atoms with Crippen molar-refractivity contribution in [2.24, 2.45) is 5.10 Å². The van der Waals surface area contributed by atoms with E-state index in [1.807, 2.05) is 25.1 Å². The van der Waals surface area contributed by atoms with Crippen LogP contribution in [0.5, 0.6) is 11.5 Å². The molecule has 1 heterocycles. The highest BCUT2D eigenvalue weighted by Crippen LogP contribution is 2.28. The predicted octanol–water partition coefficient (Wildman–Crippen LogP) is 4.51. The average Bonchev–Trinajstić information content (AvgIpc) is 3.20. The molecule has 0 bridgehead atoms. The Hall–Kier alpha value is -2.75. The second-order valence-electron chi connectivity index (χ2n) is 6.13. The number of carbonyl (C=O) groups excluding carboxylic acids is 1. The SMILES string of the molecule is COc1ccc(/C=N\NC(=O)CSc2nnc(COc3ccc(Cl)cc3Cl)o2)c(C)c1. The molecule has 0 radical (unpaired) electrons. The van der Waals surface area contributed by atoms with Crippen LogP contribution in [0.4, 0.5) is 0 Å². The second-order valence-corrected chi connectivity index (χ2v) is 7.90. The fraction of sp³-hybridized carbons (Fsp3) is 0.200. The number of nitrogens with one attached hydrogen (secondary N) is 1. The Bertz CT molecular complexity index is 1090. The Morgan fingerprint density at radius 2 is 2.10 bits per heavy atom. The molecule has 1 aromatic heterocycles. The number of benzene rings is 2. The van der Waals surface area contributed by atoms with Gasteiger partial charge >= 0.3 is 0 Å². The van der Waals surface area contributed by atoms with E-state index in [2.05, 4.69) is 20.7 Å². The molecule has 3 aromatic rings. The lowest BCUT2D eigenvalue weighted by Gasteiger charge is -2.05. The topological polar surface area (TPSA) is 98.8 Å². The Morgan fingerprint density at radius 1 is 1.26 bits per heavy atom. The van der Waals surface area contributed by atoms with E-state index < -0.39 is 0 Å². The fourth-order valence-corrected chi connectivity index (χ4v) is 3.38. The Kier molecular flexibility index (Phi) is 8.16. The molecule has 31 heavy (non-hydrogen) atoms. The van der Waals surface area contributed by atoms with Crippen LogP contribution in [0, 0.1) is 6.92 Å². The maximum absolute atomic E-state index is 12.0. The maximum atomic E-state index is 12.0. The first-order valence-electron chi connectivity index (χ1n) is 8.94. The van der Waals surface area contributed by atoms with Crippen LogP contribution >= 0.6 is 35.0 Å². The summed E-state index contributed by atoms with van der Waals surface area (Å²) in [5, 5.41) is 12.8. The van der Waals surface area contributed by atoms with Gasteiger partial charge in [-0.25, -0.2) is 5.43 Å². The van der Waals surface area contributed by atoms with Crippen LogP contribution < -0.4 is 14.9 Å². The van der Waals surface area contributed by atoms with Crippen LogP contribution in [0.15, 0.2) is 51.1 Å². The minimum Gasteiger partial charge on any atom is -0.497 e. The Labute approximate surface area is 192 Å². The monoisotopic (exact) mass is 480 g/mol. The van der Waals surface area contributed by atoms with E-state index in [0.29, 0.717) is 15.8 Å². The molecule has 0 saturated carbocycles. The smallest absolute Gasteiger partial charge is 0.277 e. The summed E-state index contributed by atoms with van der Waals surface area (Å²) in [6.45, 7) is 1.96. The molecular formula is C20H18Cl2N4O4S. The van der Waals surface area contributed by atoms with E-state index in [-0.39, 0.29) is 29.4 Å². The number of rotatable bonds is 9. The highest BCUT2D eigenvalue weighted by molar-refractivity contribution is 7.99. The van der Waals surface area contributed by atoms with Gasteiger partial charge in [0.05, 0.1) is 24.1 Å². The quantitative estimate of drug-likeness (QED) is 0.273. The number of methoxy groups -OCH3 is 1. The number of hydrogen-bond donors (Lipinski definition) is 1. The zero-order valence-corrected chi connectivity index (χ0v) is 18.9. The summed E-state index contributed by atoms with van der Waals surface area (Å²) in [4.78, 5) is 12.0. The summed E-state index contributed by atoms with van der Waals surface area (Å²) in [6, 6.07) is 10.5. The average molecular weight is 481 g/mol. The van der Waals surface area contributed by atoms with Gasteiger partial charge in [0.15, 0.2) is 6.61 Å². The van der Waals surface area contributed by atoms with E-state index in [0.717, 1.165) is 28.6 Å². The zero-order valence-electron chi connectivity index (χ0n) is 16.6. The van der Waals surface area contributed by atoms with Gasteiger partial charge in [0, 0.05) is 5.02 Å². The summed E-state index contributed by atoms with van der Waals surface area (Å²) >= 11 is 13.0. The molecule has 8 nitrogen and oxygen atoms in total. The summed E-state index contributed by atoms with van der Waals surface area (Å²) in [6.07, 6.45) is 1.57. The lowest BCUT2D eigenvalue weighted by Crippen LogP contribution is -2.19. The van der Waals surface area contributed by atoms with Crippen molar-refractivity contribution in [1.82, 2.24) is 15.6 Å². The first-order valence-corrected chi connectivity index (χ1v) is 10.7. The van der Waals surface area contributed by atoms with E-state index in [1.54, 1.807) is 31.5 Å². The summed E-state index contributed by atoms with van der Waals surface area (Å²) < 4.78 is 16.1. The number of thioether (sulfide) groups is 1. The van der Waals surface area contributed by atoms with Crippen LogP contribution in [-0.4, -0.2) is 35.2 Å². The van der Waals surface area contributed by atoms with Crippen molar-refractivity contribution in [2.75, 3.05) is 12.9 Å². The van der Waals surface area contributed by atoms with E-state index >= 15 is 0 Å². The molecule has 0 aliphatic rings. The lowest BCUT2D eigenvalue weighted by atomic mass is 10.1. The minimum atomic E-state index is -0.309. The molecule has 0 unspecified atom stereocenters. The van der Waals surface area contributed by atoms with Gasteiger partial charge in [-0.3, -0.25) is 4.79 Å². The number of ether oxygens (including phenoxy) is 2. The molecule has 1 N–H and O–H groups in total. The van der Waals surface area contributed by atoms with E-state index in [1.165, 1.54) is 0 Å². The standard InChI is InChI=1S/C20H18Cl2N4O4S/c1-12-7-15(28-2)5-3-13(12)9-23-24-18(27)11-31-20-26-25-19(30-20)10-29-17-6-4-14(21)8-16(17)22/h3-9H,10-11H2,1-2H3,(H,24,27)/b23-9-. The summed E-state index contributed by atoms with van der Waals surface area (Å²) in [5.74, 6) is 1.21. The van der Waals surface area contributed by atoms with Gasteiger partial charge in [0.1, 0.15) is 11.5 Å². The van der Waals surface area contributed by atoms with Crippen LogP contribution in [-0.2, 0) is 11.4 Å². The first-order chi connectivity index (χ1) is 14.9. The van der Waals surface area contributed by atoms with Crippen molar-refractivity contribution in [3.05, 3.63) is 63.5 Å². The van der Waals surface area contributed by atoms with Gasteiger partial charge in [-0.1, -0.05) is 35.0 Å². The lowest BCUT2D eigenvalue weighted by molar-refractivity contribution is -0.118. The van der Waals surface area contributed by atoms with Crippen molar-refractivity contribution >= 4 is 47.1 Å². The number of amides is 1. The number of carbonyl (C=O) groups is 1. The van der Waals surface area contributed by atoms with Crippen molar-refractivity contribution in [1.29, 1.82) is 0 Å². The Balaban J connectivity index is 1.44. The third kappa shape index (κ3) is 6.88. The van der Waals surface area contributed by atoms with Gasteiger partial charge in [-0.05, 0) is 54.4 Å². The molecule has 0 atom stereocenters. The largest absolute Gasteiger partial charge is 0.497 e. The molecule has 11 heteroatoms. The van der Waals surface area contributed by atoms with Crippen molar-refractivity contribution in [2.45, 2.75) is 18.8 Å². The van der Waals surface area contributed by atoms with Crippen molar-refractivity contribution in [3.8, 4) is 11.5 Å². The molecule has 3 rings (SSSR count). The molecule has 162 valence electrons. The van der Waals surface area contributed by atoms with Gasteiger partial charge in [-0.15, -0.1) is 10.2 Å². The Morgan fingerprint density at radius 3 is 2.84 bits per heavy atom. The molecule has 1 amide bonds. The fourth-order valence-electron chi connectivity index (χ4n) is 2.34. The number of nitrogens with zero attached hydrogens (tertiary/aromatic N) is 3. The highest BCUT2D eigenvalue weighted by Gasteiger charge is 2.11. The number of aryl methyl sites for hydroxylation is 1. The van der Waals surface area contributed by atoms with Crippen molar-refractivity contribution < 1.29 is 18.7 Å². The van der Waals surface area contributed by atoms with Gasteiger partial charge in [0.25, 0.3) is 17.0 Å². The number of hydrazone groups is 1. The van der Waals surface area contributed by atoms with Crippen LogP contribution in [0.3, 0.4) is 0 Å². The van der Waals surface area contributed by atoms with Crippen LogP contribution in [0.1, 0.15) is 17.0 Å². The highest BCUT2D eigenvalue weighted by atomic mass is 35.5. The first kappa shape index (κ1) is 22.9.